The van der Waals surface area contributed by atoms with Gasteiger partial charge in [-0.05, 0) is 13.3 Å². The van der Waals surface area contributed by atoms with Gasteiger partial charge >= 0.3 is 0 Å². The van der Waals surface area contributed by atoms with E-state index in [1.807, 2.05) is 13.8 Å². The first-order valence-corrected chi connectivity index (χ1v) is 5.12. The first kappa shape index (κ1) is 11.1. The van der Waals surface area contributed by atoms with Crippen molar-refractivity contribution in [2.24, 2.45) is 0 Å². The molecule has 0 saturated carbocycles. The Balaban J connectivity index is 2.74. The van der Waals surface area contributed by atoms with E-state index in [-0.39, 0.29) is 5.91 Å². The van der Waals surface area contributed by atoms with Crippen LogP contribution in [0.3, 0.4) is 0 Å². The molecule has 0 aromatic heterocycles. The summed E-state index contributed by atoms with van der Waals surface area (Å²) in [6.45, 7) is 4.95. The van der Waals surface area contributed by atoms with E-state index in [9.17, 15) is 4.79 Å². The molecule has 0 radical (unpaired) electrons. The number of alkyl halides is 2. The maximum Gasteiger partial charge on any atom is 0.258 e. The van der Waals surface area contributed by atoms with Gasteiger partial charge in [-0.2, -0.15) is 0 Å². The maximum absolute atomic E-state index is 11.5. The van der Waals surface area contributed by atoms with E-state index in [0.717, 1.165) is 6.42 Å². The third-order valence-corrected chi connectivity index (χ3v) is 2.78. The minimum atomic E-state index is -0.993. The highest BCUT2D eigenvalue weighted by Crippen LogP contribution is 2.28. The van der Waals surface area contributed by atoms with E-state index in [4.69, 9.17) is 27.9 Å². The lowest BCUT2D eigenvalue weighted by molar-refractivity contribution is -0.145. The van der Waals surface area contributed by atoms with Gasteiger partial charge in [0.05, 0.1) is 6.61 Å². The van der Waals surface area contributed by atoms with Crippen LogP contribution < -0.4 is 0 Å². The Morgan fingerprint density at radius 2 is 2.31 bits per heavy atom. The van der Waals surface area contributed by atoms with Crippen LogP contribution in [0.15, 0.2) is 0 Å². The minimum Gasteiger partial charge on any atom is -0.354 e. The topological polar surface area (TPSA) is 29.5 Å². The number of carbonyl (C=O) groups is 1. The van der Waals surface area contributed by atoms with Crippen LogP contribution in [0.25, 0.3) is 0 Å². The summed E-state index contributed by atoms with van der Waals surface area (Å²) in [6, 6.07) is 0. The van der Waals surface area contributed by atoms with Crippen molar-refractivity contribution >= 4 is 29.1 Å². The van der Waals surface area contributed by atoms with Crippen LogP contribution in [0.5, 0.6) is 0 Å². The Labute approximate surface area is 87.9 Å². The zero-order valence-corrected chi connectivity index (χ0v) is 9.23. The number of hydrogen-bond acceptors (Lipinski definition) is 2. The number of hydrogen-bond donors (Lipinski definition) is 0. The molecule has 1 rings (SSSR count). The fraction of sp³-hybridized carbons (Fsp3) is 0.875. The second-order valence-corrected chi connectivity index (χ2v) is 4.26. The quantitative estimate of drug-likeness (QED) is 0.671. The Morgan fingerprint density at radius 1 is 1.69 bits per heavy atom. The summed E-state index contributed by atoms with van der Waals surface area (Å²) in [6.07, 6.45) is 0.735. The number of rotatable bonds is 2. The van der Waals surface area contributed by atoms with E-state index in [0.29, 0.717) is 13.2 Å². The molecule has 1 heterocycles. The van der Waals surface area contributed by atoms with Gasteiger partial charge in [-0.1, -0.05) is 30.1 Å². The lowest BCUT2D eigenvalue weighted by Gasteiger charge is -2.32. The average Bonchev–Trinajstić information content (AvgIpc) is 2.47. The predicted octanol–water partition coefficient (Wildman–Crippen LogP) is 1.78. The van der Waals surface area contributed by atoms with E-state index in [2.05, 4.69) is 0 Å². The molecular weight excluding hydrogens is 213 g/mol. The summed E-state index contributed by atoms with van der Waals surface area (Å²) < 4.78 is 5.46. The molecule has 0 N–H and O–H groups in total. The standard InChI is InChI=1S/C8H13Cl2NO2/c1-3-8(2)11(4-5-13-8)7(12)6(9)10/h6H,3-5H2,1-2H3. The number of nitrogens with zero attached hydrogens (tertiary/aromatic N) is 1. The highest BCUT2D eigenvalue weighted by atomic mass is 35.5. The first-order valence-electron chi connectivity index (χ1n) is 4.25. The molecule has 1 unspecified atom stereocenters. The molecule has 1 saturated heterocycles. The minimum absolute atomic E-state index is 0.273. The van der Waals surface area contributed by atoms with Crippen molar-refractivity contribution in [3.8, 4) is 0 Å². The molecular formula is C8H13Cl2NO2. The van der Waals surface area contributed by atoms with Crippen molar-refractivity contribution in [2.75, 3.05) is 13.2 Å². The van der Waals surface area contributed by atoms with Crippen molar-refractivity contribution in [1.82, 2.24) is 4.90 Å². The Kier molecular flexibility index (Phi) is 3.44. The van der Waals surface area contributed by atoms with Crippen LogP contribution in [0.4, 0.5) is 0 Å². The lowest BCUT2D eigenvalue weighted by atomic mass is 10.1. The largest absolute Gasteiger partial charge is 0.354 e. The van der Waals surface area contributed by atoms with Crippen molar-refractivity contribution in [3.05, 3.63) is 0 Å². The third-order valence-electron chi connectivity index (χ3n) is 2.41. The zero-order valence-electron chi connectivity index (χ0n) is 7.72. The second-order valence-electron chi connectivity index (χ2n) is 3.17. The van der Waals surface area contributed by atoms with Crippen LogP contribution in [0.2, 0.25) is 0 Å². The highest BCUT2D eigenvalue weighted by Gasteiger charge is 2.40. The van der Waals surface area contributed by atoms with Gasteiger partial charge in [0.2, 0.25) is 0 Å². The summed E-state index contributed by atoms with van der Waals surface area (Å²) >= 11 is 11.0. The van der Waals surface area contributed by atoms with Gasteiger partial charge in [0, 0.05) is 6.54 Å². The fourth-order valence-corrected chi connectivity index (χ4v) is 1.66. The maximum atomic E-state index is 11.5. The molecule has 76 valence electrons. The molecule has 5 heteroatoms. The molecule has 0 aromatic carbocycles. The second kappa shape index (κ2) is 4.03. The zero-order chi connectivity index (χ0) is 10.1. The van der Waals surface area contributed by atoms with Crippen molar-refractivity contribution in [1.29, 1.82) is 0 Å². The number of amides is 1. The van der Waals surface area contributed by atoms with Crippen molar-refractivity contribution in [3.63, 3.8) is 0 Å². The first-order chi connectivity index (χ1) is 6.01. The van der Waals surface area contributed by atoms with Gasteiger partial charge in [0.15, 0.2) is 4.84 Å². The number of halogens is 2. The monoisotopic (exact) mass is 225 g/mol. The van der Waals surface area contributed by atoms with Gasteiger partial charge in [0.25, 0.3) is 5.91 Å². The van der Waals surface area contributed by atoms with Gasteiger partial charge < -0.3 is 9.64 Å². The van der Waals surface area contributed by atoms with Gasteiger partial charge in [-0.3, -0.25) is 4.79 Å². The summed E-state index contributed by atoms with van der Waals surface area (Å²) in [5, 5.41) is 0. The predicted molar refractivity (Wildman–Crippen MR) is 51.9 cm³/mol. The number of carbonyl (C=O) groups excluding carboxylic acids is 1. The summed E-state index contributed by atoms with van der Waals surface area (Å²) in [4.78, 5) is 12.1. The highest BCUT2D eigenvalue weighted by molar-refractivity contribution is 6.53. The summed E-state index contributed by atoms with van der Waals surface area (Å²) in [5.41, 5.74) is -0.529. The molecule has 0 aliphatic carbocycles. The fourth-order valence-electron chi connectivity index (χ4n) is 1.43. The smallest absolute Gasteiger partial charge is 0.258 e. The van der Waals surface area contributed by atoms with Crippen LogP contribution in [0, 0.1) is 0 Å². The lowest BCUT2D eigenvalue weighted by Crippen LogP contribution is -2.47. The Bertz CT molecular complexity index is 210. The SMILES string of the molecule is CCC1(C)OCCN1C(=O)C(Cl)Cl. The molecule has 13 heavy (non-hydrogen) atoms. The molecule has 0 spiro atoms. The van der Waals surface area contributed by atoms with E-state index < -0.39 is 10.6 Å². The summed E-state index contributed by atoms with van der Waals surface area (Å²) in [5.74, 6) is -0.273. The molecule has 1 atom stereocenters. The Hall–Kier alpha value is 0.01000. The number of ether oxygens (including phenoxy) is 1. The van der Waals surface area contributed by atoms with Crippen molar-refractivity contribution < 1.29 is 9.53 Å². The molecule has 1 amide bonds. The van der Waals surface area contributed by atoms with Crippen LogP contribution in [-0.2, 0) is 9.53 Å². The van der Waals surface area contributed by atoms with Crippen LogP contribution >= 0.6 is 23.2 Å². The third kappa shape index (κ3) is 2.09. The van der Waals surface area contributed by atoms with Crippen LogP contribution in [0.1, 0.15) is 20.3 Å². The average molecular weight is 226 g/mol. The van der Waals surface area contributed by atoms with E-state index >= 15 is 0 Å². The molecule has 0 bridgehead atoms. The molecule has 1 aliphatic rings. The van der Waals surface area contributed by atoms with Crippen LogP contribution in [-0.4, -0.2) is 34.5 Å². The van der Waals surface area contributed by atoms with Crippen molar-refractivity contribution in [2.45, 2.75) is 30.8 Å². The molecule has 1 aliphatic heterocycles. The molecule has 3 nitrogen and oxygen atoms in total. The molecule has 1 fully saturated rings. The normalized spacial score (nSPS) is 28.5. The van der Waals surface area contributed by atoms with E-state index in [1.54, 1.807) is 4.90 Å². The van der Waals surface area contributed by atoms with Gasteiger partial charge in [0.1, 0.15) is 5.72 Å². The van der Waals surface area contributed by atoms with E-state index in [1.165, 1.54) is 0 Å². The van der Waals surface area contributed by atoms with Gasteiger partial charge in [-0.15, -0.1) is 0 Å². The Morgan fingerprint density at radius 3 is 2.77 bits per heavy atom. The summed E-state index contributed by atoms with van der Waals surface area (Å²) in [7, 11) is 0. The molecule has 0 aromatic rings. The van der Waals surface area contributed by atoms with Gasteiger partial charge in [-0.25, -0.2) is 0 Å².